The second-order valence-corrected chi connectivity index (χ2v) is 4.90. The fourth-order valence-corrected chi connectivity index (χ4v) is 2.39. The molecule has 3 rings (SSSR count). The third-order valence-corrected chi connectivity index (χ3v) is 3.50. The van der Waals surface area contributed by atoms with Crippen molar-refractivity contribution in [3.63, 3.8) is 0 Å². The van der Waals surface area contributed by atoms with E-state index in [0.29, 0.717) is 16.8 Å². The predicted molar refractivity (Wildman–Crippen MR) is 86.7 cm³/mol. The molecule has 0 aliphatic rings. The first-order chi connectivity index (χ1) is 11.1. The summed E-state index contributed by atoms with van der Waals surface area (Å²) >= 11 is 0. The Balaban J connectivity index is 2.08. The summed E-state index contributed by atoms with van der Waals surface area (Å²) in [6, 6.07) is 16.6. The van der Waals surface area contributed by atoms with Crippen molar-refractivity contribution < 1.29 is 10.0 Å². The normalized spacial score (nSPS) is 10.2. The lowest BCUT2D eigenvalue weighted by Crippen LogP contribution is -1.96. The van der Waals surface area contributed by atoms with Crippen molar-refractivity contribution in [1.82, 2.24) is 0 Å². The van der Waals surface area contributed by atoms with Crippen molar-refractivity contribution in [3.05, 3.63) is 70.3 Å². The van der Waals surface area contributed by atoms with Gasteiger partial charge in [-0.25, -0.2) is 0 Å². The molecule has 0 saturated heterocycles. The molecule has 2 N–H and O–H groups in total. The molecule has 6 heteroatoms. The molecule has 0 heterocycles. The Hall–Kier alpha value is -3.59. The molecule has 3 aromatic carbocycles. The number of nitrogens with one attached hydrogen (secondary N) is 1. The fraction of sp³-hybridized carbons (Fsp3) is 0. The van der Waals surface area contributed by atoms with E-state index in [1.165, 1.54) is 18.2 Å². The van der Waals surface area contributed by atoms with Gasteiger partial charge in [0.2, 0.25) is 0 Å². The third-order valence-electron chi connectivity index (χ3n) is 3.50. The van der Waals surface area contributed by atoms with Crippen LogP contribution in [0.4, 0.5) is 17.1 Å². The Labute approximate surface area is 131 Å². The molecule has 0 fully saturated rings. The van der Waals surface area contributed by atoms with E-state index < -0.39 is 4.92 Å². The molecule has 0 saturated carbocycles. The Morgan fingerprint density at radius 3 is 2.52 bits per heavy atom. The van der Waals surface area contributed by atoms with Gasteiger partial charge in [-0.15, -0.1) is 0 Å². The summed E-state index contributed by atoms with van der Waals surface area (Å²) < 4.78 is 0. The highest BCUT2D eigenvalue weighted by Gasteiger charge is 2.12. The Bertz CT molecular complexity index is 961. The Morgan fingerprint density at radius 2 is 1.78 bits per heavy atom. The number of phenols is 1. The number of phenolic OH excluding ortho intramolecular Hbond substituents is 1. The molecular formula is C17H11N3O3. The zero-order valence-corrected chi connectivity index (χ0v) is 11.9. The first-order valence-electron chi connectivity index (χ1n) is 6.76. The van der Waals surface area contributed by atoms with Crippen LogP contribution in [0.25, 0.3) is 10.8 Å². The Kier molecular flexibility index (Phi) is 3.53. The standard InChI is InChI=1S/C17H11N3O3/c18-10-11-9-12(20(22)23)7-8-15(11)19-16-5-1-4-14-13(16)3-2-6-17(14)21/h1-9,19,21H. The summed E-state index contributed by atoms with van der Waals surface area (Å²) in [5, 5.41) is 34.5. The summed E-state index contributed by atoms with van der Waals surface area (Å²) in [5.41, 5.74) is 1.21. The summed E-state index contributed by atoms with van der Waals surface area (Å²) in [5.74, 6) is 0.162. The highest BCUT2D eigenvalue weighted by molar-refractivity contribution is 5.98. The number of nitro groups is 1. The average molecular weight is 305 g/mol. The number of nitriles is 1. The number of benzene rings is 3. The van der Waals surface area contributed by atoms with Gasteiger partial charge in [0.05, 0.1) is 16.2 Å². The molecule has 6 nitrogen and oxygen atoms in total. The molecule has 0 amide bonds. The van der Waals surface area contributed by atoms with Crippen LogP contribution in [0.5, 0.6) is 5.75 Å². The van der Waals surface area contributed by atoms with Crippen molar-refractivity contribution >= 4 is 27.8 Å². The van der Waals surface area contributed by atoms with Crippen LogP contribution in [-0.4, -0.2) is 10.0 Å². The van der Waals surface area contributed by atoms with Gasteiger partial charge in [0.15, 0.2) is 0 Å². The number of nitro benzene ring substituents is 1. The van der Waals surface area contributed by atoms with E-state index in [4.69, 9.17) is 0 Å². The molecule has 3 aromatic rings. The van der Waals surface area contributed by atoms with Crippen LogP contribution in [0, 0.1) is 21.4 Å². The molecule has 0 aromatic heterocycles. The first kappa shape index (κ1) is 14.4. The smallest absolute Gasteiger partial charge is 0.270 e. The zero-order valence-electron chi connectivity index (χ0n) is 11.9. The number of anilines is 2. The van der Waals surface area contributed by atoms with E-state index in [-0.39, 0.29) is 17.0 Å². The van der Waals surface area contributed by atoms with E-state index in [9.17, 15) is 20.5 Å². The van der Waals surface area contributed by atoms with E-state index in [2.05, 4.69) is 5.32 Å². The lowest BCUT2D eigenvalue weighted by molar-refractivity contribution is -0.384. The van der Waals surface area contributed by atoms with Crippen molar-refractivity contribution in [2.75, 3.05) is 5.32 Å². The average Bonchev–Trinajstić information content (AvgIpc) is 2.56. The van der Waals surface area contributed by atoms with Gasteiger partial charge in [0, 0.05) is 28.6 Å². The minimum atomic E-state index is -0.541. The van der Waals surface area contributed by atoms with Gasteiger partial charge in [0.25, 0.3) is 5.69 Å². The van der Waals surface area contributed by atoms with E-state index in [1.807, 2.05) is 18.2 Å². The van der Waals surface area contributed by atoms with E-state index in [0.717, 1.165) is 5.39 Å². The first-order valence-corrected chi connectivity index (χ1v) is 6.76. The topological polar surface area (TPSA) is 99.2 Å². The van der Waals surface area contributed by atoms with Crippen LogP contribution < -0.4 is 5.32 Å². The maximum absolute atomic E-state index is 10.8. The van der Waals surface area contributed by atoms with Crippen molar-refractivity contribution in [2.24, 2.45) is 0 Å². The van der Waals surface area contributed by atoms with Gasteiger partial charge in [-0.3, -0.25) is 10.1 Å². The molecule has 0 unspecified atom stereocenters. The molecule has 23 heavy (non-hydrogen) atoms. The number of fused-ring (bicyclic) bond motifs is 1. The van der Waals surface area contributed by atoms with E-state index in [1.54, 1.807) is 24.3 Å². The van der Waals surface area contributed by atoms with Crippen molar-refractivity contribution in [2.45, 2.75) is 0 Å². The number of hydrogen-bond acceptors (Lipinski definition) is 5. The van der Waals surface area contributed by atoms with Gasteiger partial charge in [-0.2, -0.15) is 5.26 Å². The van der Waals surface area contributed by atoms with Crippen LogP contribution in [-0.2, 0) is 0 Å². The SMILES string of the molecule is N#Cc1cc([N+](=O)[O-])ccc1Nc1cccc2c(O)cccc12. The molecule has 0 bridgehead atoms. The highest BCUT2D eigenvalue weighted by Crippen LogP contribution is 2.33. The van der Waals surface area contributed by atoms with Gasteiger partial charge >= 0.3 is 0 Å². The summed E-state index contributed by atoms with van der Waals surface area (Å²) in [6.45, 7) is 0. The largest absolute Gasteiger partial charge is 0.507 e. The second-order valence-electron chi connectivity index (χ2n) is 4.90. The fourth-order valence-electron chi connectivity index (χ4n) is 2.39. The Morgan fingerprint density at radius 1 is 1.04 bits per heavy atom. The van der Waals surface area contributed by atoms with Crippen LogP contribution in [0.1, 0.15) is 5.56 Å². The lowest BCUT2D eigenvalue weighted by atomic mass is 10.1. The lowest BCUT2D eigenvalue weighted by Gasteiger charge is -2.11. The molecule has 0 spiro atoms. The van der Waals surface area contributed by atoms with Gasteiger partial charge < -0.3 is 10.4 Å². The monoisotopic (exact) mass is 305 g/mol. The van der Waals surface area contributed by atoms with Gasteiger partial charge in [0.1, 0.15) is 11.8 Å². The number of rotatable bonds is 3. The molecule has 0 atom stereocenters. The molecule has 0 radical (unpaired) electrons. The summed E-state index contributed by atoms with van der Waals surface area (Å²) in [7, 11) is 0. The number of nitrogens with zero attached hydrogens (tertiary/aromatic N) is 2. The number of hydrogen-bond donors (Lipinski definition) is 2. The van der Waals surface area contributed by atoms with Gasteiger partial charge in [-0.05, 0) is 18.2 Å². The zero-order chi connectivity index (χ0) is 16.4. The van der Waals surface area contributed by atoms with Crippen molar-refractivity contribution in [3.8, 4) is 11.8 Å². The third kappa shape index (κ3) is 2.63. The van der Waals surface area contributed by atoms with Gasteiger partial charge in [-0.1, -0.05) is 24.3 Å². The quantitative estimate of drug-likeness (QED) is 0.561. The minimum Gasteiger partial charge on any atom is -0.507 e. The van der Waals surface area contributed by atoms with E-state index >= 15 is 0 Å². The summed E-state index contributed by atoms with van der Waals surface area (Å²) in [4.78, 5) is 10.3. The second kappa shape index (κ2) is 5.66. The summed E-state index contributed by atoms with van der Waals surface area (Å²) in [6.07, 6.45) is 0. The molecule has 0 aliphatic heterocycles. The van der Waals surface area contributed by atoms with Crippen LogP contribution in [0.2, 0.25) is 0 Å². The minimum absolute atomic E-state index is 0.136. The van der Waals surface area contributed by atoms with Crippen molar-refractivity contribution in [1.29, 1.82) is 5.26 Å². The molecular weight excluding hydrogens is 294 g/mol. The maximum Gasteiger partial charge on any atom is 0.270 e. The maximum atomic E-state index is 10.8. The molecule has 112 valence electrons. The van der Waals surface area contributed by atoms with Crippen LogP contribution in [0.3, 0.4) is 0 Å². The number of non-ortho nitro benzene ring substituents is 1. The highest BCUT2D eigenvalue weighted by atomic mass is 16.6. The van der Waals surface area contributed by atoms with Crippen LogP contribution in [0.15, 0.2) is 54.6 Å². The molecule has 0 aliphatic carbocycles. The predicted octanol–water partition coefficient (Wildman–Crippen LogP) is 4.07. The number of aromatic hydroxyl groups is 1. The van der Waals surface area contributed by atoms with Crippen LogP contribution >= 0.6 is 0 Å².